The molecule has 25 heavy (non-hydrogen) atoms. The van der Waals surface area contributed by atoms with Crippen LogP contribution in [0.2, 0.25) is 5.02 Å². The minimum absolute atomic E-state index is 0.206. The lowest BCUT2D eigenvalue weighted by atomic mass is 10.1. The van der Waals surface area contributed by atoms with Gasteiger partial charge >= 0.3 is 0 Å². The van der Waals surface area contributed by atoms with Gasteiger partial charge in [0.2, 0.25) is 0 Å². The van der Waals surface area contributed by atoms with Crippen LogP contribution in [-0.2, 0) is 17.6 Å². The predicted octanol–water partition coefficient (Wildman–Crippen LogP) is 4.26. The molecule has 0 unspecified atom stereocenters. The third-order valence-corrected chi connectivity index (χ3v) is 4.57. The summed E-state index contributed by atoms with van der Waals surface area (Å²) >= 11 is 6.04. The van der Waals surface area contributed by atoms with Crippen molar-refractivity contribution in [1.29, 1.82) is 0 Å². The predicted molar refractivity (Wildman–Crippen MR) is 97.6 cm³/mol. The number of carbonyl (C=O) groups excluding carboxylic acids is 1. The van der Waals surface area contributed by atoms with Gasteiger partial charge in [-0.05, 0) is 31.2 Å². The smallest absolute Gasteiger partial charge is 0.144 e. The van der Waals surface area contributed by atoms with Crippen LogP contribution in [-0.4, -0.2) is 22.2 Å². The van der Waals surface area contributed by atoms with E-state index in [0.717, 1.165) is 34.0 Å². The minimum atomic E-state index is 0.206. The first-order valence-electron chi connectivity index (χ1n) is 8.28. The monoisotopic (exact) mass is 352 g/mol. The molecule has 0 bridgehead atoms. The van der Waals surface area contributed by atoms with E-state index < -0.39 is 0 Å². The van der Waals surface area contributed by atoms with E-state index in [9.17, 15) is 4.79 Å². The number of fused-ring (bicyclic) bond motifs is 1. The van der Waals surface area contributed by atoms with Gasteiger partial charge in [0, 0.05) is 22.6 Å². The Balaban J connectivity index is 1.94. The topological polar surface area (TPSA) is 44.1 Å². The standard InChI is InChI=1S/C20H17ClN2O2/c1-2-25-19-6-4-3-5-18(19)23-20(13-7-9-14(21)10-8-13)16-11-15(24)12-17(16)22-23/h3-10H,2,11-12H2,1H3. The zero-order chi connectivity index (χ0) is 17.4. The van der Waals surface area contributed by atoms with Gasteiger partial charge in [0.15, 0.2) is 0 Å². The van der Waals surface area contributed by atoms with Crippen LogP contribution in [0.4, 0.5) is 0 Å². The fourth-order valence-corrected chi connectivity index (χ4v) is 3.38. The van der Waals surface area contributed by atoms with Crippen LogP contribution in [0.15, 0.2) is 48.5 Å². The van der Waals surface area contributed by atoms with E-state index in [1.165, 1.54) is 0 Å². The Bertz CT molecular complexity index is 945. The van der Waals surface area contributed by atoms with Gasteiger partial charge in [0.05, 0.1) is 24.4 Å². The van der Waals surface area contributed by atoms with Crippen molar-refractivity contribution in [2.24, 2.45) is 0 Å². The highest BCUT2D eigenvalue weighted by atomic mass is 35.5. The third kappa shape index (κ3) is 2.83. The molecule has 1 aliphatic rings. The Morgan fingerprint density at radius 3 is 2.64 bits per heavy atom. The van der Waals surface area contributed by atoms with E-state index in [2.05, 4.69) is 0 Å². The number of nitrogens with zero attached hydrogens (tertiary/aromatic N) is 2. The number of Topliss-reactive ketones (excluding diaryl/α,β-unsaturated/α-hetero) is 1. The molecule has 5 heteroatoms. The lowest BCUT2D eigenvalue weighted by molar-refractivity contribution is -0.117. The highest BCUT2D eigenvalue weighted by Gasteiger charge is 2.29. The Morgan fingerprint density at radius 2 is 1.88 bits per heavy atom. The molecule has 0 radical (unpaired) electrons. The summed E-state index contributed by atoms with van der Waals surface area (Å²) < 4.78 is 7.67. The zero-order valence-electron chi connectivity index (χ0n) is 13.8. The number of ketones is 1. The van der Waals surface area contributed by atoms with E-state index in [1.807, 2.05) is 60.1 Å². The summed E-state index contributed by atoms with van der Waals surface area (Å²) in [6, 6.07) is 15.4. The number of rotatable bonds is 4. The molecule has 2 aromatic carbocycles. The number of carbonyl (C=O) groups is 1. The molecule has 126 valence electrons. The number of benzene rings is 2. The maximum absolute atomic E-state index is 11.9. The van der Waals surface area contributed by atoms with Crippen LogP contribution in [0.25, 0.3) is 16.9 Å². The number of aromatic nitrogens is 2. The van der Waals surface area contributed by atoms with Gasteiger partial charge in [-0.1, -0.05) is 35.9 Å². The zero-order valence-corrected chi connectivity index (χ0v) is 14.6. The summed E-state index contributed by atoms with van der Waals surface area (Å²) in [4.78, 5) is 11.9. The second kappa shape index (κ2) is 6.37. The quantitative estimate of drug-likeness (QED) is 0.704. The molecule has 0 spiro atoms. The van der Waals surface area contributed by atoms with Gasteiger partial charge < -0.3 is 4.74 Å². The second-order valence-corrected chi connectivity index (χ2v) is 6.42. The Hall–Kier alpha value is -2.59. The molecule has 1 aromatic heterocycles. The first-order chi connectivity index (χ1) is 12.2. The molecule has 0 amide bonds. The van der Waals surface area contributed by atoms with Crippen LogP contribution >= 0.6 is 11.6 Å². The lowest BCUT2D eigenvalue weighted by Crippen LogP contribution is -2.06. The van der Waals surface area contributed by atoms with E-state index in [0.29, 0.717) is 24.5 Å². The van der Waals surface area contributed by atoms with Gasteiger partial charge in [-0.3, -0.25) is 4.79 Å². The average molecular weight is 353 g/mol. The molecule has 4 rings (SSSR count). The summed E-state index contributed by atoms with van der Waals surface area (Å²) in [5.41, 5.74) is 4.64. The van der Waals surface area contributed by atoms with Crippen LogP contribution < -0.4 is 4.74 Å². The molecular weight excluding hydrogens is 336 g/mol. The van der Waals surface area contributed by atoms with E-state index >= 15 is 0 Å². The summed E-state index contributed by atoms with van der Waals surface area (Å²) in [6.07, 6.45) is 0.809. The summed E-state index contributed by atoms with van der Waals surface area (Å²) in [6.45, 7) is 2.53. The first kappa shape index (κ1) is 15.9. The van der Waals surface area contributed by atoms with Crippen molar-refractivity contribution in [1.82, 2.24) is 9.78 Å². The van der Waals surface area contributed by atoms with Crippen LogP contribution in [0.1, 0.15) is 18.2 Å². The largest absolute Gasteiger partial charge is 0.492 e. The van der Waals surface area contributed by atoms with Crippen LogP contribution in [0.3, 0.4) is 0 Å². The van der Waals surface area contributed by atoms with E-state index in [1.54, 1.807) is 0 Å². The number of ether oxygens (including phenoxy) is 1. The molecule has 0 atom stereocenters. The van der Waals surface area contributed by atoms with Crippen LogP contribution in [0.5, 0.6) is 5.75 Å². The van der Waals surface area contributed by atoms with Crippen molar-refractivity contribution in [3.63, 3.8) is 0 Å². The van der Waals surface area contributed by atoms with Crippen molar-refractivity contribution in [3.8, 4) is 22.7 Å². The van der Waals surface area contributed by atoms with E-state index in [4.69, 9.17) is 21.4 Å². The Morgan fingerprint density at radius 1 is 1.12 bits per heavy atom. The molecule has 0 N–H and O–H groups in total. The number of hydrogen-bond donors (Lipinski definition) is 0. The van der Waals surface area contributed by atoms with Crippen molar-refractivity contribution in [2.75, 3.05) is 6.61 Å². The molecule has 1 heterocycles. The highest BCUT2D eigenvalue weighted by molar-refractivity contribution is 6.30. The number of hydrogen-bond acceptors (Lipinski definition) is 3. The second-order valence-electron chi connectivity index (χ2n) is 5.99. The normalized spacial score (nSPS) is 13.1. The SMILES string of the molecule is CCOc1ccccc1-n1nc2c(c1-c1ccc(Cl)cc1)CC(=O)C2. The molecule has 1 aliphatic carbocycles. The molecule has 0 aliphatic heterocycles. The highest BCUT2D eigenvalue weighted by Crippen LogP contribution is 2.36. The minimum Gasteiger partial charge on any atom is -0.492 e. The maximum atomic E-state index is 11.9. The van der Waals surface area contributed by atoms with Crippen molar-refractivity contribution in [2.45, 2.75) is 19.8 Å². The van der Waals surface area contributed by atoms with Crippen molar-refractivity contribution in [3.05, 3.63) is 64.8 Å². The van der Waals surface area contributed by atoms with Gasteiger partial charge in [-0.25, -0.2) is 4.68 Å². The molecule has 4 nitrogen and oxygen atoms in total. The van der Waals surface area contributed by atoms with Gasteiger partial charge in [0.1, 0.15) is 17.2 Å². The fraction of sp³-hybridized carbons (Fsp3) is 0.200. The molecule has 0 saturated carbocycles. The fourth-order valence-electron chi connectivity index (χ4n) is 3.26. The first-order valence-corrected chi connectivity index (χ1v) is 8.65. The molecule has 0 saturated heterocycles. The van der Waals surface area contributed by atoms with Gasteiger partial charge in [0.25, 0.3) is 0 Å². The number of para-hydroxylation sites is 2. The van der Waals surface area contributed by atoms with E-state index in [-0.39, 0.29) is 5.78 Å². The Labute approximate surface area is 151 Å². The lowest BCUT2D eigenvalue weighted by Gasteiger charge is -2.14. The number of halogens is 1. The third-order valence-electron chi connectivity index (χ3n) is 4.32. The van der Waals surface area contributed by atoms with Gasteiger partial charge in [-0.15, -0.1) is 0 Å². The summed E-state index contributed by atoms with van der Waals surface area (Å²) in [5.74, 6) is 0.977. The van der Waals surface area contributed by atoms with Gasteiger partial charge in [-0.2, -0.15) is 5.10 Å². The summed E-state index contributed by atoms with van der Waals surface area (Å²) in [7, 11) is 0. The average Bonchev–Trinajstić information content (AvgIpc) is 3.12. The molecule has 0 fully saturated rings. The van der Waals surface area contributed by atoms with Crippen LogP contribution in [0, 0.1) is 0 Å². The maximum Gasteiger partial charge on any atom is 0.144 e. The Kier molecular flexibility index (Phi) is 4.06. The molecular formula is C20H17ClN2O2. The van der Waals surface area contributed by atoms with Crippen molar-refractivity contribution < 1.29 is 9.53 Å². The summed E-state index contributed by atoms with van der Waals surface area (Å²) in [5, 5.41) is 5.41. The molecule has 3 aromatic rings. The van der Waals surface area contributed by atoms with Crippen molar-refractivity contribution >= 4 is 17.4 Å².